The fraction of sp³-hybridized carbons (Fsp3) is 0.600. The second-order valence-corrected chi connectivity index (χ2v) is 4.78. The molecule has 74 valence electrons. The lowest BCUT2D eigenvalue weighted by Crippen LogP contribution is -2.16. The van der Waals surface area contributed by atoms with E-state index in [1.807, 2.05) is 11.3 Å². The van der Waals surface area contributed by atoms with Crippen molar-refractivity contribution in [3.05, 3.63) is 17.0 Å². The summed E-state index contributed by atoms with van der Waals surface area (Å²) in [5.74, 6) is 0. The summed E-state index contributed by atoms with van der Waals surface area (Å²) >= 11 is 1.82. The quantitative estimate of drug-likeness (QED) is 0.731. The molecular weight excluding hydrogens is 180 g/mol. The Labute approximate surface area is 84.6 Å². The maximum absolute atomic E-state index is 3.41. The van der Waals surface area contributed by atoms with E-state index in [-0.39, 0.29) is 0 Å². The van der Waals surface area contributed by atoms with Gasteiger partial charge in [-0.15, -0.1) is 11.3 Å². The molecule has 1 N–H and O–H groups in total. The van der Waals surface area contributed by atoms with Gasteiger partial charge in [-0.25, -0.2) is 0 Å². The Bertz CT molecular complexity index is 243. The lowest BCUT2D eigenvalue weighted by Gasteiger charge is -2.09. The third-order valence-corrected chi connectivity index (χ3v) is 2.78. The van der Waals surface area contributed by atoms with Crippen LogP contribution >= 0.6 is 11.3 Å². The fourth-order valence-corrected chi connectivity index (χ4v) is 1.93. The first-order chi connectivity index (χ1) is 6.18. The van der Waals surface area contributed by atoms with Gasteiger partial charge in [0.1, 0.15) is 0 Å². The predicted octanol–water partition coefficient (Wildman–Crippen LogP) is 2.42. The minimum absolute atomic E-state index is 1.07. The summed E-state index contributed by atoms with van der Waals surface area (Å²) in [6, 6.07) is 4.30. The molecule has 0 aliphatic rings. The average Bonchev–Trinajstić information content (AvgIpc) is 2.45. The van der Waals surface area contributed by atoms with Gasteiger partial charge in [0.25, 0.3) is 0 Å². The second kappa shape index (κ2) is 5.25. The highest BCUT2D eigenvalue weighted by Crippen LogP contribution is 2.20. The van der Waals surface area contributed by atoms with E-state index in [2.05, 4.69) is 43.4 Å². The first-order valence-corrected chi connectivity index (χ1v) is 5.45. The lowest BCUT2D eigenvalue weighted by molar-refractivity contribution is 0.405. The number of rotatable bonds is 5. The molecule has 0 atom stereocenters. The van der Waals surface area contributed by atoms with Crippen molar-refractivity contribution in [2.24, 2.45) is 0 Å². The van der Waals surface area contributed by atoms with Gasteiger partial charge in [-0.05, 0) is 46.1 Å². The SMILES string of the molecule is Cc1ccc(NCCCN(C)C)s1. The maximum Gasteiger partial charge on any atom is 0.0885 e. The van der Waals surface area contributed by atoms with Crippen molar-refractivity contribution in [3.63, 3.8) is 0 Å². The fourth-order valence-electron chi connectivity index (χ4n) is 1.14. The van der Waals surface area contributed by atoms with Gasteiger partial charge >= 0.3 is 0 Å². The summed E-state index contributed by atoms with van der Waals surface area (Å²) in [5, 5.41) is 4.70. The molecular formula is C10H18N2S. The van der Waals surface area contributed by atoms with Crippen molar-refractivity contribution in [1.82, 2.24) is 4.90 Å². The molecule has 0 aliphatic carbocycles. The van der Waals surface area contributed by atoms with Crippen LogP contribution in [0.2, 0.25) is 0 Å². The Hall–Kier alpha value is -0.540. The van der Waals surface area contributed by atoms with Crippen LogP contribution in [0.15, 0.2) is 12.1 Å². The Morgan fingerprint density at radius 2 is 2.15 bits per heavy atom. The highest BCUT2D eigenvalue weighted by molar-refractivity contribution is 7.16. The van der Waals surface area contributed by atoms with Crippen molar-refractivity contribution in [2.75, 3.05) is 32.5 Å². The molecule has 0 bridgehead atoms. The molecule has 13 heavy (non-hydrogen) atoms. The summed E-state index contributed by atoms with van der Waals surface area (Å²) < 4.78 is 0. The van der Waals surface area contributed by atoms with Crippen molar-refractivity contribution in [1.29, 1.82) is 0 Å². The van der Waals surface area contributed by atoms with Crippen molar-refractivity contribution < 1.29 is 0 Å². The molecule has 0 fully saturated rings. The Morgan fingerprint density at radius 3 is 2.69 bits per heavy atom. The van der Waals surface area contributed by atoms with Crippen LogP contribution in [-0.2, 0) is 0 Å². The zero-order valence-electron chi connectivity index (χ0n) is 8.63. The van der Waals surface area contributed by atoms with Gasteiger partial charge < -0.3 is 10.2 Å². The molecule has 2 nitrogen and oxygen atoms in total. The monoisotopic (exact) mass is 198 g/mol. The highest BCUT2D eigenvalue weighted by Gasteiger charge is 1.95. The second-order valence-electron chi connectivity index (χ2n) is 3.49. The summed E-state index contributed by atoms with van der Waals surface area (Å²) in [6.45, 7) is 4.35. The van der Waals surface area contributed by atoms with Gasteiger partial charge in [-0.2, -0.15) is 0 Å². The van der Waals surface area contributed by atoms with E-state index in [1.54, 1.807) is 0 Å². The Morgan fingerprint density at radius 1 is 1.38 bits per heavy atom. The zero-order chi connectivity index (χ0) is 9.68. The summed E-state index contributed by atoms with van der Waals surface area (Å²) in [6.07, 6.45) is 1.20. The first-order valence-electron chi connectivity index (χ1n) is 4.63. The molecule has 1 aromatic rings. The van der Waals surface area contributed by atoms with Crippen molar-refractivity contribution >= 4 is 16.3 Å². The van der Waals surface area contributed by atoms with Crippen LogP contribution in [0.4, 0.5) is 5.00 Å². The van der Waals surface area contributed by atoms with E-state index >= 15 is 0 Å². The minimum Gasteiger partial charge on any atom is -0.377 e. The molecule has 0 aromatic carbocycles. The largest absolute Gasteiger partial charge is 0.377 e. The van der Waals surface area contributed by atoms with Crippen LogP contribution in [-0.4, -0.2) is 32.1 Å². The molecule has 0 amide bonds. The molecule has 3 heteroatoms. The molecule has 0 saturated heterocycles. The smallest absolute Gasteiger partial charge is 0.0885 e. The minimum atomic E-state index is 1.07. The summed E-state index contributed by atoms with van der Waals surface area (Å²) in [7, 11) is 4.21. The number of aryl methyl sites for hydroxylation is 1. The van der Waals surface area contributed by atoms with Crippen LogP contribution in [0.5, 0.6) is 0 Å². The first kappa shape index (κ1) is 10.5. The van der Waals surface area contributed by atoms with Crippen molar-refractivity contribution in [3.8, 4) is 0 Å². The zero-order valence-corrected chi connectivity index (χ0v) is 9.45. The third-order valence-electron chi connectivity index (χ3n) is 1.82. The standard InChI is InChI=1S/C10H18N2S/c1-9-5-6-10(13-9)11-7-4-8-12(2)3/h5-6,11H,4,7-8H2,1-3H3. The molecule has 1 aromatic heterocycles. The van der Waals surface area contributed by atoms with E-state index in [0.717, 1.165) is 13.1 Å². The number of hydrogen-bond donors (Lipinski definition) is 1. The number of nitrogens with one attached hydrogen (secondary N) is 1. The summed E-state index contributed by atoms with van der Waals surface area (Å²) in [4.78, 5) is 3.58. The van der Waals surface area contributed by atoms with Gasteiger partial charge in [0.05, 0.1) is 5.00 Å². The molecule has 0 aliphatic heterocycles. The molecule has 0 radical (unpaired) electrons. The van der Waals surface area contributed by atoms with E-state index < -0.39 is 0 Å². The predicted molar refractivity (Wildman–Crippen MR) is 60.7 cm³/mol. The van der Waals surface area contributed by atoms with Gasteiger partial charge in [-0.1, -0.05) is 0 Å². The molecule has 0 saturated carbocycles. The maximum atomic E-state index is 3.41. The topological polar surface area (TPSA) is 15.3 Å². The van der Waals surface area contributed by atoms with Crippen LogP contribution in [0, 0.1) is 6.92 Å². The number of hydrogen-bond acceptors (Lipinski definition) is 3. The third kappa shape index (κ3) is 4.29. The van der Waals surface area contributed by atoms with Crippen LogP contribution in [0.1, 0.15) is 11.3 Å². The van der Waals surface area contributed by atoms with Gasteiger partial charge in [0.15, 0.2) is 0 Å². The highest BCUT2D eigenvalue weighted by atomic mass is 32.1. The summed E-state index contributed by atoms with van der Waals surface area (Å²) in [5.41, 5.74) is 0. The normalized spacial score (nSPS) is 10.8. The molecule has 1 heterocycles. The van der Waals surface area contributed by atoms with Gasteiger partial charge in [-0.3, -0.25) is 0 Å². The van der Waals surface area contributed by atoms with E-state index in [9.17, 15) is 0 Å². The van der Waals surface area contributed by atoms with E-state index in [4.69, 9.17) is 0 Å². The molecule has 1 rings (SSSR count). The lowest BCUT2D eigenvalue weighted by atomic mass is 10.4. The van der Waals surface area contributed by atoms with Crippen LogP contribution < -0.4 is 5.32 Å². The number of anilines is 1. The average molecular weight is 198 g/mol. The van der Waals surface area contributed by atoms with E-state index in [1.165, 1.54) is 16.3 Å². The van der Waals surface area contributed by atoms with Gasteiger partial charge in [0.2, 0.25) is 0 Å². The van der Waals surface area contributed by atoms with Crippen molar-refractivity contribution in [2.45, 2.75) is 13.3 Å². The Balaban J connectivity index is 2.13. The molecule has 0 unspecified atom stereocenters. The van der Waals surface area contributed by atoms with E-state index in [0.29, 0.717) is 0 Å². The Kier molecular flexibility index (Phi) is 4.25. The van der Waals surface area contributed by atoms with Crippen LogP contribution in [0.3, 0.4) is 0 Å². The number of thiophene rings is 1. The number of nitrogens with zero attached hydrogens (tertiary/aromatic N) is 1. The van der Waals surface area contributed by atoms with Crippen LogP contribution in [0.25, 0.3) is 0 Å². The molecule has 0 spiro atoms. The van der Waals surface area contributed by atoms with Gasteiger partial charge in [0, 0.05) is 11.4 Å².